The lowest BCUT2D eigenvalue weighted by Crippen LogP contribution is -2.31. The minimum atomic E-state index is -0.0804. The Morgan fingerprint density at radius 3 is 2.31 bits per heavy atom. The molecule has 0 saturated heterocycles. The maximum atomic E-state index is 12.4. The van der Waals surface area contributed by atoms with Crippen molar-refractivity contribution in [3.63, 3.8) is 0 Å². The lowest BCUT2D eigenvalue weighted by atomic mass is 10.2. The van der Waals surface area contributed by atoms with Gasteiger partial charge in [0.15, 0.2) is 0 Å². The molecule has 6 nitrogen and oxygen atoms in total. The molecule has 0 aliphatic heterocycles. The Morgan fingerprint density at radius 1 is 0.906 bits per heavy atom. The Hall–Kier alpha value is -3.90. The number of imidazole rings is 1. The van der Waals surface area contributed by atoms with Gasteiger partial charge in [0.05, 0.1) is 0 Å². The van der Waals surface area contributed by atoms with E-state index in [2.05, 4.69) is 15.6 Å². The van der Waals surface area contributed by atoms with Crippen LogP contribution in [0.2, 0.25) is 0 Å². The predicted molar refractivity (Wildman–Crippen MR) is 125 cm³/mol. The smallest absolute Gasteiger partial charge is 0.251 e. The monoisotopic (exact) mass is 426 g/mol. The van der Waals surface area contributed by atoms with E-state index in [1.165, 1.54) is 0 Å². The van der Waals surface area contributed by atoms with Crippen molar-refractivity contribution in [2.75, 3.05) is 13.1 Å². The van der Waals surface area contributed by atoms with Gasteiger partial charge in [-0.3, -0.25) is 4.79 Å². The number of rotatable bonds is 9. The first-order valence-electron chi connectivity index (χ1n) is 10.6. The minimum absolute atomic E-state index is 0.0804. The maximum absolute atomic E-state index is 12.4. The first kappa shape index (κ1) is 21.3. The summed E-state index contributed by atoms with van der Waals surface area (Å²) in [4.78, 5) is 16.6. The summed E-state index contributed by atoms with van der Waals surface area (Å²) < 4.78 is 7.78. The van der Waals surface area contributed by atoms with E-state index in [-0.39, 0.29) is 5.91 Å². The molecule has 4 rings (SSSR count). The molecule has 0 spiro atoms. The number of benzene rings is 3. The number of hydrogen-bond donors (Lipinski definition) is 2. The minimum Gasteiger partial charge on any atom is -0.457 e. The zero-order chi connectivity index (χ0) is 22.2. The quantitative estimate of drug-likeness (QED) is 0.387. The molecule has 0 atom stereocenters. The van der Waals surface area contributed by atoms with Crippen molar-refractivity contribution < 1.29 is 9.53 Å². The van der Waals surface area contributed by atoms with Crippen molar-refractivity contribution >= 4 is 5.91 Å². The number of hydrogen-bond acceptors (Lipinski definition) is 4. The van der Waals surface area contributed by atoms with Crippen LogP contribution in [0, 0.1) is 6.92 Å². The van der Waals surface area contributed by atoms with Gasteiger partial charge in [0.1, 0.15) is 17.3 Å². The molecule has 0 radical (unpaired) electrons. The molecule has 1 heterocycles. The van der Waals surface area contributed by atoms with E-state index in [4.69, 9.17) is 4.74 Å². The van der Waals surface area contributed by atoms with Gasteiger partial charge in [-0.1, -0.05) is 30.3 Å². The first-order valence-corrected chi connectivity index (χ1v) is 10.6. The van der Waals surface area contributed by atoms with Crippen LogP contribution in [-0.2, 0) is 6.54 Å². The van der Waals surface area contributed by atoms with Crippen LogP contribution in [0.4, 0.5) is 0 Å². The zero-order valence-electron chi connectivity index (χ0n) is 18.0. The summed E-state index contributed by atoms with van der Waals surface area (Å²) in [5, 5.41) is 6.29. The van der Waals surface area contributed by atoms with Gasteiger partial charge in [-0.2, -0.15) is 0 Å². The van der Waals surface area contributed by atoms with Crippen LogP contribution in [0.15, 0.2) is 91.3 Å². The number of ether oxygens (including phenoxy) is 1. The third-order valence-electron chi connectivity index (χ3n) is 5.05. The lowest BCUT2D eigenvalue weighted by molar-refractivity contribution is 0.0954. The molecular formula is C26H26N4O2. The molecule has 6 heteroatoms. The Kier molecular flexibility index (Phi) is 6.94. The zero-order valence-corrected chi connectivity index (χ0v) is 18.0. The average Bonchev–Trinajstić information content (AvgIpc) is 3.26. The van der Waals surface area contributed by atoms with E-state index < -0.39 is 0 Å². The predicted octanol–water partition coefficient (Wildman–Crippen LogP) is 4.49. The molecule has 4 aromatic rings. The summed E-state index contributed by atoms with van der Waals surface area (Å²) in [7, 11) is 0. The molecule has 0 fully saturated rings. The molecule has 0 aliphatic rings. The van der Waals surface area contributed by atoms with E-state index in [1.54, 1.807) is 6.20 Å². The molecule has 0 saturated carbocycles. The SMILES string of the molecule is Cc1nccn1-c1ccc(C(=O)NCCNCc2ccc(Oc3ccccc3)cc2)cc1. The fourth-order valence-electron chi connectivity index (χ4n) is 3.32. The van der Waals surface area contributed by atoms with Gasteiger partial charge in [0.25, 0.3) is 5.91 Å². The van der Waals surface area contributed by atoms with Gasteiger partial charge in [-0.05, 0) is 61.0 Å². The van der Waals surface area contributed by atoms with Crippen molar-refractivity contribution in [1.82, 2.24) is 20.2 Å². The number of nitrogens with one attached hydrogen (secondary N) is 2. The van der Waals surface area contributed by atoms with E-state index in [0.717, 1.165) is 35.1 Å². The second-order valence-electron chi connectivity index (χ2n) is 7.38. The lowest BCUT2D eigenvalue weighted by Gasteiger charge is -2.09. The second-order valence-corrected chi connectivity index (χ2v) is 7.38. The number of para-hydroxylation sites is 1. The highest BCUT2D eigenvalue weighted by atomic mass is 16.5. The highest BCUT2D eigenvalue weighted by Crippen LogP contribution is 2.21. The van der Waals surface area contributed by atoms with Crippen LogP contribution in [0.3, 0.4) is 0 Å². The summed E-state index contributed by atoms with van der Waals surface area (Å²) in [6.45, 7) is 3.90. The summed E-state index contributed by atoms with van der Waals surface area (Å²) in [6, 6.07) is 25.2. The standard InChI is InChI=1S/C26H26N4O2/c1-20-28-17-18-30(20)23-11-9-22(10-12-23)26(31)29-16-15-27-19-21-7-13-25(14-8-21)32-24-5-3-2-4-6-24/h2-14,17-18,27H,15-16,19H2,1H3,(H,29,31). The number of aromatic nitrogens is 2. The van der Waals surface area contributed by atoms with Gasteiger partial charge in [-0.25, -0.2) is 4.98 Å². The molecule has 0 bridgehead atoms. The fourth-order valence-corrected chi connectivity index (χ4v) is 3.32. The van der Waals surface area contributed by atoms with Crippen molar-refractivity contribution in [3.05, 3.63) is 108 Å². The van der Waals surface area contributed by atoms with Crippen molar-refractivity contribution in [2.24, 2.45) is 0 Å². The summed E-state index contributed by atoms with van der Waals surface area (Å²) in [5.41, 5.74) is 2.78. The Labute approximate surface area is 187 Å². The van der Waals surface area contributed by atoms with Gasteiger partial charge >= 0.3 is 0 Å². The number of aryl methyl sites for hydroxylation is 1. The first-order chi connectivity index (χ1) is 15.7. The average molecular weight is 427 g/mol. The summed E-state index contributed by atoms with van der Waals surface area (Å²) in [6.07, 6.45) is 3.66. The number of amides is 1. The molecule has 32 heavy (non-hydrogen) atoms. The topological polar surface area (TPSA) is 68.2 Å². The van der Waals surface area contributed by atoms with Crippen LogP contribution >= 0.6 is 0 Å². The molecular weight excluding hydrogens is 400 g/mol. The molecule has 3 aromatic carbocycles. The van der Waals surface area contributed by atoms with E-state index >= 15 is 0 Å². The third kappa shape index (κ3) is 5.62. The number of nitrogens with zero attached hydrogens (tertiary/aromatic N) is 2. The van der Waals surface area contributed by atoms with Crippen LogP contribution in [0.5, 0.6) is 11.5 Å². The molecule has 1 aromatic heterocycles. The van der Waals surface area contributed by atoms with E-state index in [1.807, 2.05) is 96.6 Å². The summed E-state index contributed by atoms with van der Waals surface area (Å²) in [5.74, 6) is 2.46. The van der Waals surface area contributed by atoms with Crippen LogP contribution in [-0.4, -0.2) is 28.5 Å². The van der Waals surface area contributed by atoms with E-state index in [9.17, 15) is 4.79 Å². The molecule has 162 valence electrons. The largest absolute Gasteiger partial charge is 0.457 e. The van der Waals surface area contributed by atoms with Crippen molar-refractivity contribution in [3.8, 4) is 17.2 Å². The van der Waals surface area contributed by atoms with Crippen molar-refractivity contribution in [2.45, 2.75) is 13.5 Å². The number of carbonyl (C=O) groups is 1. The van der Waals surface area contributed by atoms with Crippen LogP contribution in [0.25, 0.3) is 5.69 Å². The Balaban J connectivity index is 1.17. The molecule has 0 unspecified atom stereocenters. The van der Waals surface area contributed by atoms with Crippen molar-refractivity contribution in [1.29, 1.82) is 0 Å². The number of carbonyl (C=O) groups excluding carboxylic acids is 1. The molecule has 1 amide bonds. The highest BCUT2D eigenvalue weighted by molar-refractivity contribution is 5.94. The van der Waals surface area contributed by atoms with Crippen LogP contribution < -0.4 is 15.4 Å². The fraction of sp³-hybridized carbons (Fsp3) is 0.154. The highest BCUT2D eigenvalue weighted by Gasteiger charge is 2.06. The van der Waals surface area contributed by atoms with Gasteiger partial charge in [0.2, 0.25) is 0 Å². The van der Waals surface area contributed by atoms with Crippen LogP contribution in [0.1, 0.15) is 21.7 Å². The maximum Gasteiger partial charge on any atom is 0.251 e. The van der Waals surface area contributed by atoms with E-state index in [0.29, 0.717) is 18.7 Å². The second kappa shape index (κ2) is 10.4. The Morgan fingerprint density at radius 2 is 1.62 bits per heavy atom. The normalized spacial score (nSPS) is 10.7. The third-order valence-corrected chi connectivity index (χ3v) is 5.05. The van der Waals surface area contributed by atoms with Gasteiger partial charge in [-0.15, -0.1) is 0 Å². The van der Waals surface area contributed by atoms with Gasteiger partial charge in [0, 0.05) is 43.3 Å². The van der Waals surface area contributed by atoms with Gasteiger partial charge < -0.3 is 19.9 Å². The summed E-state index contributed by atoms with van der Waals surface area (Å²) >= 11 is 0. The molecule has 0 aliphatic carbocycles. The molecule has 2 N–H and O–H groups in total. The Bertz CT molecular complexity index is 1140.